The van der Waals surface area contributed by atoms with Gasteiger partial charge in [-0.25, -0.2) is 9.97 Å². The monoisotopic (exact) mass is 672 g/mol. The fraction of sp³-hybridized carbons (Fsp3) is 0.300. The van der Waals surface area contributed by atoms with E-state index in [0.29, 0.717) is 17.2 Å². The summed E-state index contributed by atoms with van der Waals surface area (Å²) >= 11 is 6.27. The van der Waals surface area contributed by atoms with Gasteiger partial charge < -0.3 is 20.9 Å². The molecule has 49 heavy (non-hydrogen) atoms. The molecule has 2 saturated carbocycles. The van der Waals surface area contributed by atoms with Crippen LogP contribution < -0.4 is 20.9 Å². The Morgan fingerprint density at radius 3 is 1.63 bits per heavy atom. The van der Waals surface area contributed by atoms with Gasteiger partial charge in [0, 0.05) is 85.9 Å². The molecule has 0 atom stereocenters. The fourth-order valence-corrected chi connectivity index (χ4v) is 5.92. The molecular formula is C40H45ClN8. The zero-order valence-electron chi connectivity index (χ0n) is 29.2. The van der Waals surface area contributed by atoms with Crippen LogP contribution in [0.2, 0.25) is 5.15 Å². The summed E-state index contributed by atoms with van der Waals surface area (Å²) in [4.78, 5) is 22.5. The van der Waals surface area contributed by atoms with Crippen molar-refractivity contribution in [1.29, 1.82) is 0 Å². The lowest BCUT2D eigenvalue weighted by atomic mass is 10.0. The number of rotatable bonds is 6. The molecule has 0 unspecified atom stereocenters. The highest BCUT2D eigenvalue weighted by Crippen LogP contribution is 2.33. The molecule has 0 bridgehead atoms. The highest BCUT2D eigenvalue weighted by atomic mass is 35.5. The molecule has 4 heterocycles. The van der Waals surface area contributed by atoms with E-state index in [1.54, 1.807) is 6.20 Å². The number of aryl methyl sites for hydroxylation is 2. The van der Waals surface area contributed by atoms with Gasteiger partial charge in [0.05, 0.1) is 22.4 Å². The van der Waals surface area contributed by atoms with Crippen LogP contribution in [-0.2, 0) is 0 Å². The third kappa shape index (κ3) is 8.45. The van der Waals surface area contributed by atoms with E-state index in [2.05, 4.69) is 107 Å². The third-order valence-electron chi connectivity index (χ3n) is 8.64. The Morgan fingerprint density at radius 1 is 0.673 bits per heavy atom. The highest BCUT2D eigenvalue weighted by molar-refractivity contribution is 6.34. The molecule has 0 spiro atoms. The number of hydrogen-bond donors (Lipinski definition) is 2. The highest BCUT2D eigenvalue weighted by Gasteiger charge is 2.23. The average molecular weight is 673 g/mol. The summed E-state index contributed by atoms with van der Waals surface area (Å²) in [5, 5.41) is 6.02. The summed E-state index contributed by atoms with van der Waals surface area (Å²) in [6.45, 7) is 4.24. The number of nitrogens with two attached hydrogens (primary N) is 1. The minimum atomic E-state index is 0.491. The Hall–Kier alpha value is -4.79. The molecule has 8 nitrogen and oxygen atoms in total. The first-order valence-electron chi connectivity index (χ1n) is 16.8. The lowest BCUT2D eigenvalue weighted by Crippen LogP contribution is -2.10. The van der Waals surface area contributed by atoms with Gasteiger partial charge in [-0.1, -0.05) is 23.7 Å². The van der Waals surface area contributed by atoms with Crippen molar-refractivity contribution in [2.24, 2.45) is 5.73 Å². The number of hydrogen-bond acceptors (Lipinski definition) is 8. The summed E-state index contributed by atoms with van der Waals surface area (Å²) in [6, 6.07) is 25.9. The van der Waals surface area contributed by atoms with Crippen LogP contribution in [0.3, 0.4) is 0 Å². The molecule has 2 aromatic carbocycles. The van der Waals surface area contributed by atoms with E-state index in [1.807, 2.05) is 44.6 Å². The number of fused-ring (bicyclic) bond motifs is 2. The lowest BCUT2D eigenvalue weighted by molar-refractivity contribution is 1.07. The Balaban J connectivity index is 0.000000154. The Bertz CT molecular complexity index is 2090. The summed E-state index contributed by atoms with van der Waals surface area (Å²) in [5.74, 6) is 0.951. The normalized spacial score (nSPS) is 13.6. The maximum absolute atomic E-state index is 6.27. The molecule has 6 aromatic rings. The molecule has 252 valence electrons. The van der Waals surface area contributed by atoms with Gasteiger partial charge in [-0.15, -0.1) is 0 Å². The zero-order valence-corrected chi connectivity index (χ0v) is 30.0. The van der Waals surface area contributed by atoms with Gasteiger partial charge >= 0.3 is 0 Å². The number of halogens is 1. The smallest absolute Gasteiger partial charge is 0.139 e. The SMILES string of the molecule is Cc1cc(-c2cc3ncccc3c(Cl)n2)ccc1N(C)C.Cc1cc(-c2cc3ncccc3c(NC3CC3)n2)ccc1N(C)C.NC1CC1. The summed E-state index contributed by atoms with van der Waals surface area (Å²) < 4.78 is 0. The predicted octanol–water partition coefficient (Wildman–Crippen LogP) is 8.68. The molecule has 0 aliphatic heterocycles. The average Bonchev–Trinajstić information content (AvgIpc) is 4.04. The van der Waals surface area contributed by atoms with Gasteiger partial charge in [-0.2, -0.15) is 0 Å². The minimum absolute atomic E-state index is 0.491. The Labute approximate surface area is 294 Å². The molecule has 8 rings (SSSR count). The second-order valence-corrected chi connectivity index (χ2v) is 13.7. The van der Waals surface area contributed by atoms with Gasteiger partial charge in [0.2, 0.25) is 0 Å². The van der Waals surface area contributed by atoms with Gasteiger partial charge in [0.25, 0.3) is 0 Å². The first-order valence-corrected chi connectivity index (χ1v) is 17.2. The zero-order chi connectivity index (χ0) is 34.7. The molecule has 0 amide bonds. The lowest BCUT2D eigenvalue weighted by Gasteiger charge is -2.17. The molecule has 3 N–H and O–H groups in total. The molecular weight excluding hydrogens is 628 g/mol. The van der Waals surface area contributed by atoms with E-state index in [-0.39, 0.29) is 0 Å². The number of benzene rings is 2. The molecule has 0 saturated heterocycles. The number of aromatic nitrogens is 4. The number of anilines is 3. The van der Waals surface area contributed by atoms with E-state index < -0.39 is 0 Å². The molecule has 4 aromatic heterocycles. The van der Waals surface area contributed by atoms with Crippen LogP contribution in [0.1, 0.15) is 36.8 Å². The molecule has 0 radical (unpaired) electrons. The maximum Gasteiger partial charge on any atom is 0.139 e. The number of pyridine rings is 4. The van der Waals surface area contributed by atoms with Crippen LogP contribution in [0.4, 0.5) is 17.2 Å². The van der Waals surface area contributed by atoms with Gasteiger partial charge in [0.15, 0.2) is 0 Å². The van der Waals surface area contributed by atoms with E-state index in [1.165, 1.54) is 48.2 Å². The largest absolute Gasteiger partial charge is 0.377 e. The Morgan fingerprint density at radius 2 is 1.16 bits per heavy atom. The predicted molar refractivity (Wildman–Crippen MR) is 207 cm³/mol. The van der Waals surface area contributed by atoms with Crippen molar-refractivity contribution in [3.05, 3.63) is 101 Å². The second kappa shape index (κ2) is 14.8. The number of nitrogens with one attached hydrogen (secondary N) is 1. The quantitative estimate of drug-likeness (QED) is 0.170. The van der Waals surface area contributed by atoms with E-state index in [4.69, 9.17) is 22.3 Å². The first kappa shape index (κ1) is 34.1. The molecule has 2 fully saturated rings. The first-order chi connectivity index (χ1) is 23.6. The Kier molecular flexibility index (Phi) is 10.3. The van der Waals surface area contributed by atoms with Crippen LogP contribution in [0.25, 0.3) is 44.3 Å². The van der Waals surface area contributed by atoms with Gasteiger partial charge in [-0.05, 0) is 111 Å². The van der Waals surface area contributed by atoms with Crippen molar-refractivity contribution in [3.8, 4) is 22.5 Å². The van der Waals surface area contributed by atoms with Crippen LogP contribution in [0.5, 0.6) is 0 Å². The molecule has 2 aliphatic carbocycles. The van der Waals surface area contributed by atoms with Crippen molar-refractivity contribution in [2.75, 3.05) is 43.3 Å². The van der Waals surface area contributed by atoms with Crippen LogP contribution in [0.15, 0.2) is 85.2 Å². The van der Waals surface area contributed by atoms with E-state index in [0.717, 1.165) is 50.1 Å². The number of nitrogens with zero attached hydrogens (tertiary/aromatic N) is 6. The summed E-state index contributed by atoms with van der Waals surface area (Å²) in [6.07, 6.45) is 8.59. The van der Waals surface area contributed by atoms with Crippen molar-refractivity contribution < 1.29 is 0 Å². The minimum Gasteiger partial charge on any atom is -0.377 e. The van der Waals surface area contributed by atoms with Crippen molar-refractivity contribution in [3.63, 3.8) is 0 Å². The van der Waals surface area contributed by atoms with Crippen LogP contribution in [-0.4, -0.2) is 60.2 Å². The summed E-state index contributed by atoms with van der Waals surface area (Å²) in [5.41, 5.74) is 15.9. The molecule has 2 aliphatic rings. The van der Waals surface area contributed by atoms with Crippen molar-refractivity contribution in [1.82, 2.24) is 19.9 Å². The van der Waals surface area contributed by atoms with Gasteiger partial charge in [-0.3, -0.25) is 9.97 Å². The maximum atomic E-state index is 6.27. The third-order valence-corrected chi connectivity index (χ3v) is 8.93. The second-order valence-electron chi connectivity index (χ2n) is 13.3. The van der Waals surface area contributed by atoms with Crippen molar-refractivity contribution in [2.45, 2.75) is 51.6 Å². The van der Waals surface area contributed by atoms with Gasteiger partial charge in [0.1, 0.15) is 11.0 Å². The standard InChI is InChI=1S/C20H22N4.C17H16ClN3.C3H7N/c1-13-11-14(6-9-19(13)24(2)3)17-12-18-16(5-4-10-21-18)20(23-17)22-15-7-8-15;1-11-9-12(6-7-16(11)21(2)3)14-10-15-13(17(18)20-14)5-4-8-19-15;4-3-1-2-3/h4-6,9-12,15H,7-8H2,1-3H3,(H,22,23);4-10H,1-3H3;3H,1-2,4H2. The van der Waals surface area contributed by atoms with Crippen molar-refractivity contribution >= 4 is 50.6 Å². The van der Waals surface area contributed by atoms with Crippen LogP contribution in [0, 0.1) is 13.8 Å². The van der Waals surface area contributed by atoms with Crippen LogP contribution >= 0.6 is 11.6 Å². The topological polar surface area (TPSA) is 96.1 Å². The van der Waals surface area contributed by atoms with E-state index >= 15 is 0 Å². The molecule has 9 heteroatoms. The summed E-state index contributed by atoms with van der Waals surface area (Å²) in [7, 11) is 8.21. The fourth-order valence-electron chi connectivity index (χ4n) is 5.67. The van der Waals surface area contributed by atoms with E-state index in [9.17, 15) is 0 Å².